The maximum atomic E-state index is 9.28. The molecule has 0 saturated heterocycles. The Morgan fingerprint density at radius 3 is 1.04 bits per heavy atom. The van der Waals surface area contributed by atoms with E-state index in [0.29, 0.717) is 0 Å². The average molecular weight is 1460 g/mol. The Morgan fingerprint density at radius 2 is 0.618 bits per heavy atom. The molecular formula is C107H125N3. The van der Waals surface area contributed by atoms with Gasteiger partial charge in [0.1, 0.15) is 0 Å². The number of nitrogens with zero attached hydrogens (tertiary/aromatic N) is 1. The number of anilines is 6. The molecule has 3 heteroatoms. The van der Waals surface area contributed by atoms with Crippen molar-refractivity contribution in [1.82, 2.24) is 0 Å². The number of hydrogen-bond donors (Lipinski definition) is 2. The average Bonchev–Trinajstić information content (AvgIpc) is 1.55. The van der Waals surface area contributed by atoms with Gasteiger partial charge in [0, 0.05) is 64.1 Å². The number of rotatable bonds is 15. The van der Waals surface area contributed by atoms with Crippen LogP contribution >= 0.6 is 0 Å². The number of nitrogens with one attached hydrogen (secondary N) is 2. The Morgan fingerprint density at radius 1 is 0.300 bits per heavy atom. The lowest BCUT2D eigenvalue weighted by atomic mass is 9.81. The van der Waals surface area contributed by atoms with Crippen LogP contribution in [0.2, 0.25) is 0 Å². The molecule has 0 saturated carbocycles. The topological polar surface area (TPSA) is 27.3 Å². The van der Waals surface area contributed by atoms with Gasteiger partial charge in [-0.3, -0.25) is 0 Å². The van der Waals surface area contributed by atoms with Crippen molar-refractivity contribution >= 4 is 34.1 Å². The summed E-state index contributed by atoms with van der Waals surface area (Å²) in [4.78, 5) is 2.39. The summed E-state index contributed by atoms with van der Waals surface area (Å²) in [7, 11) is 0. The molecule has 0 bridgehead atoms. The van der Waals surface area contributed by atoms with Crippen LogP contribution in [0.25, 0.3) is 66.8 Å². The predicted octanol–water partition coefficient (Wildman–Crippen LogP) is 31.9. The zero-order valence-electron chi connectivity index (χ0n) is 76.3. The fourth-order valence-electron chi connectivity index (χ4n) is 16.4. The lowest BCUT2D eigenvalue weighted by Crippen LogP contribution is -2.39. The van der Waals surface area contributed by atoms with Crippen molar-refractivity contribution in [3.05, 3.63) is 322 Å². The smallest absolute Gasteiger partial charge is 0.0454 e. The van der Waals surface area contributed by atoms with Gasteiger partial charge in [0.15, 0.2) is 0 Å². The molecular weight excluding hydrogens is 1330 g/mol. The van der Waals surface area contributed by atoms with Crippen molar-refractivity contribution in [2.75, 3.05) is 15.5 Å². The van der Waals surface area contributed by atoms with Crippen molar-refractivity contribution < 1.29 is 8.22 Å². The number of benzene rings is 12. The Bertz CT molecular complexity index is 5460. The lowest BCUT2D eigenvalue weighted by Gasteiger charge is -2.42. The summed E-state index contributed by atoms with van der Waals surface area (Å²) in [6.07, 6.45) is 1.75. The maximum absolute atomic E-state index is 9.28. The molecule has 0 amide bonds. The van der Waals surface area contributed by atoms with E-state index in [1.807, 2.05) is 112 Å². The first kappa shape index (κ1) is 72.9. The van der Waals surface area contributed by atoms with Gasteiger partial charge in [-0.05, 0) is 263 Å². The summed E-state index contributed by atoms with van der Waals surface area (Å²) in [5.41, 5.74) is 32.9. The molecule has 0 spiro atoms. The lowest BCUT2D eigenvalue weighted by molar-refractivity contribution is 0.554. The molecule has 0 radical (unpaired) electrons. The van der Waals surface area contributed by atoms with Crippen molar-refractivity contribution in [3.8, 4) is 66.8 Å². The molecule has 0 aromatic heterocycles. The standard InChI is InChI=1S/C37H43N.C33H35N.C31H31N.2C3H8/c1-24(2)29-21-27(26-15-11-10-12-16-26)19-20-34(29)38(36(5,6)7)35-23-33-31(22-30(35)25(3)4)28-17-13-14-18-32(28)37(33,8)9;1-21(2)26-18-24(23-12-8-7-9-13-23)16-17-31(26)34-32-20-30-28(19-27(32)22(3)4)25-14-10-11-15-29(25)33(30,5)6;1-5-21-18-24(23-12-8-7-9-13-23)16-17-29(21)32-30-20-28-26(19-22(30)6-2)25-14-10-11-15-27(25)31(28,3)4;2*1-3-2/h10-25H,1-9H3;7-22,34H,1-6H3;7-20,32H,5-6H2,1-4H3;2*3H2,1-2H3/i24D,25D;21D,22D;5D,6D;;. The second-order valence-corrected chi connectivity index (χ2v) is 33.5. The molecule has 12 aromatic carbocycles. The Balaban J connectivity index is 0.000000166. The van der Waals surface area contributed by atoms with Crippen LogP contribution in [0.5, 0.6) is 0 Å². The summed E-state index contributed by atoms with van der Waals surface area (Å²) >= 11 is 0. The Hall–Kier alpha value is -9.96. The first-order valence-corrected chi connectivity index (χ1v) is 40.1. The molecule has 0 heterocycles. The summed E-state index contributed by atoms with van der Waals surface area (Å²) < 4.78 is 53.5. The summed E-state index contributed by atoms with van der Waals surface area (Å²) in [6.45, 7) is 48.4. The molecule has 15 rings (SSSR count). The Kier molecular flexibility index (Phi) is 22.6. The third kappa shape index (κ3) is 16.6. The predicted molar refractivity (Wildman–Crippen MR) is 483 cm³/mol. The number of hydrogen-bond acceptors (Lipinski definition) is 3. The highest BCUT2D eigenvalue weighted by atomic mass is 15.2. The second-order valence-electron chi connectivity index (χ2n) is 33.5. The van der Waals surface area contributed by atoms with E-state index in [-0.39, 0.29) is 34.6 Å². The molecule has 0 fully saturated rings. The highest BCUT2D eigenvalue weighted by molar-refractivity contribution is 5.89. The molecule has 2 atom stereocenters. The van der Waals surface area contributed by atoms with Crippen LogP contribution in [0.1, 0.15) is 271 Å². The minimum atomic E-state index is -0.827. The van der Waals surface area contributed by atoms with E-state index in [0.717, 1.165) is 101 Å². The molecule has 568 valence electrons. The highest BCUT2D eigenvalue weighted by Crippen LogP contribution is 2.56. The van der Waals surface area contributed by atoms with Gasteiger partial charge >= 0.3 is 0 Å². The molecule has 110 heavy (non-hydrogen) atoms. The van der Waals surface area contributed by atoms with Gasteiger partial charge in [-0.15, -0.1) is 0 Å². The fraction of sp³-hybridized carbons (Fsp3) is 0.327. The number of aryl methyl sites for hydroxylation is 2. The summed E-state index contributed by atoms with van der Waals surface area (Å²) in [5, 5.41) is 7.32. The van der Waals surface area contributed by atoms with Crippen molar-refractivity contribution in [3.63, 3.8) is 0 Å². The third-order valence-electron chi connectivity index (χ3n) is 22.0. The summed E-state index contributed by atoms with van der Waals surface area (Å²) in [5.74, 6) is -3.24. The number of fused-ring (bicyclic) bond motifs is 9. The fourth-order valence-corrected chi connectivity index (χ4v) is 16.4. The van der Waals surface area contributed by atoms with Crippen LogP contribution < -0.4 is 15.5 Å². The van der Waals surface area contributed by atoms with Crippen LogP contribution in [0.15, 0.2) is 255 Å². The van der Waals surface area contributed by atoms with Gasteiger partial charge in [-0.1, -0.05) is 333 Å². The monoisotopic (exact) mass is 1460 g/mol. The molecule has 12 aromatic rings. The normalized spacial score (nSPS) is 15.1. The van der Waals surface area contributed by atoms with Gasteiger partial charge in [-0.25, -0.2) is 0 Å². The van der Waals surface area contributed by atoms with Crippen molar-refractivity contribution in [1.29, 1.82) is 0 Å². The molecule has 0 aliphatic heterocycles. The van der Waals surface area contributed by atoms with E-state index < -0.39 is 23.6 Å². The van der Waals surface area contributed by atoms with Gasteiger partial charge in [0.2, 0.25) is 0 Å². The van der Waals surface area contributed by atoms with E-state index in [2.05, 4.69) is 318 Å². The van der Waals surface area contributed by atoms with Gasteiger partial charge < -0.3 is 15.5 Å². The van der Waals surface area contributed by atoms with E-state index in [1.54, 1.807) is 0 Å². The SMILES string of the molecule is CCC.CCC.[2H]C(C)(C)c1cc(-c2ccccc2)ccc1N(c1cc2c(cc1C([2H])(C)C)-c1ccccc1C2(C)C)C(C)(C)C.[2H]C(C)(C)c1cc(-c2ccccc2)ccc1Nc1cc2c(cc1C([2H])(C)C)-c1ccccc1C2(C)C.[2H]C(C)c1cc(-c2ccccc2)ccc1Nc1cc2c(cc1C([2H])C)-c1ccccc1C2(C)C. The van der Waals surface area contributed by atoms with E-state index in [1.165, 1.54) is 79.6 Å². The minimum Gasteiger partial charge on any atom is -0.355 e. The van der Waals surface area contributed by atoms with E-state index in [4.69, 9.17) is 5.48 Å². The zero-order valence-corrected chi connectivity index (χ0v) is 70.3. The van der Waals surface area contributed by atoms with E-state index >= 15 is 0 Å². The van der Waals surface area contributed by atoms with E-state index in [9.17, 15) is 2.74 Å². The molecule has 3 nitrogen and oxygen atoms in total. The maximum Gasteiger partial charge on any atom is 0.0454 e. The molecule has 3 aliphatic carbocycles. The third-order valence-corrected chi connectivity index (χ3v) is 22.0. The molecule has 2 unspecified atom stereocenters. The van der Waals surface area contributed by atoms with Gasteiger partial charge in [-0.2, -0.15) is 0 Å². The first-order valence-electron chi connectivity index (χ1n) is 43.3. The van der Waals surface area contributed by atoms with Crippen LogP contribution in [0, 0.1) is 0 Å². The Labute approximate surface area is 672 Å². The van der Waals surface area contributed by atoms with Crippen LogP contribution in [0.4, 0.5) is 34.1 Å². The first-order chi connectivity index (χ1) is 54.5. The van der Waals surface area contributed by atoms with Crippen LogP contribution in [-0.4, -0.2) is 5.54 Å². The second kappa shape index (κ2) is 34.1. The summed E-state index contributed by atoms with van der Waals surface area (Å²) in [6, 6.07) is 89.6. The van der Waals surface area contributed by atoms with Crippen LogP contribution in [-0.2, 0) is 29.0 Å². The van der Waals surface area contributed by atoms with Crippen molar-refractivity contribution in [2.24, 2.45) is 0 Å². The van der Waals surface area contributed by atoms with Gasteiger partial charge in [0.05, 0.1) is 0 Å². The van der Waals surface area contributed by atoms with Crippen molar-refractivity contribution in [2.45, 2.75) is 230 Å². The van der Waals surface area contributed by atoms with Crippen LogP contribution in [0.3, 0.4) is 0 Å². The largest absolute Gasteiger partial charge is 0.355 e. The zero-order chi connectivity index (χ0) is 84.6. The van der Waals surface area contributed by atoms with Gasteiger partial charge in [0.25, 0.3) is 0 Å². The molecule has 3 aliphatic rings. The molecule has 2 N–H and O–H groups in total. The quantitative estimate of drug-likeness (QED) is 0.107. The minimum absolute atomic E-state index is 0.102. The highest BCUT2D eigenvalue weighted by Gasteiger charge is 2.40.